The molecule has 0 radical (unpaired) electrons. The van der Waals surface area contributed by atoms with E-state index in [1.54, 1.807) is 0 Å². The van der Waals surface area contributed by atoms with E-state index in [1.165, 1.54) is 5.56 Å². The summed E-state index contributed by atoms with van der Waals surface area (Å²) >= 11 is 0. The SMILES string of the molecule is Cc1nc(C)c(C(C)C)c(N2CCCN(C(=O)COc3ccccc3)CC2)n1. The van der Waals surface area contributed by atoms with Crippen LogP contribution in [-0.2, 0) is 4.79 Å². The molecule has 1 aromatic carbocycles. The Morgan fingerprint density at radius 3 is 2.54 bits per heavy atom. The minimum Gasteiger partial charge on any atom is -0.484 e. The number of aromatic nitrogens is 2. The molecule has 1 fully saturated rings. The Kier molecular flexibility index (Phi) is 6.49. The third kappa shape index (κ3) is 4.80. The zero-order chi connectivity index (χ0) is 20.1. The Morgan fingerprint density at radius 2 is 1.82 bits per heavy atom. The molecule has 6 nitrogen and oxygen atoms in total. The molecule has 0 aliphatic carbocycles. The van der Waals surface area contributed by atoms with E-state index in [0.717, 1.165) is 49.1 Å². The normalized spacial score (nSPS) is 14.9. The Bertz CT molecular complexity index is 808. The van der Waals surface area contributed by atoms with Crippen LogP contribution >= 0.6 is 0 Å². The van der Waals surface area contributed by atoms with Crippen LogP contribution in [0.2, 0.25) is 0 Å². The highest BCUT2D eigenvalue weighted by molar-refractivity contribution is 5.78. The molecule has 0 spiro atoms. The number of aryl methyl sites for hydroxylation is 2. The quantitative estimate of drug-likeness (QED) is 0.794. The van der Waals surface area contributed by atoms with E-state index in [-0.39, 0.29) is 12.5 Å². The zero-order valence-corrected chi connectivity index (χ0v) is 17.3. The largest absolute Gasteiger partial charge is 0.484 e. The molecular weight excluding hydrogens is 352 g/mol. The number of hydrogen-bond donors (Lipinski definition) is 0. The van der Waals surface area contributed by atoms with Crippen molar-refractivity contribution in [3.05, 3.63) is 47.4 Å². The number of anilines is 1. The highest BCUT2D eigenvalue weighted by Gasteiger charge is 2.24. The number of hydrogen-bond acceptors (Lipinski definition) is 5. The highest BCUT2D eigenvalue weighted by atomic mass is 16.5. The summed E-state index contributed by atoms with van der Waals surface area (Å²) in [5, 5.41) is 0. The van der Waals surface area contributed by atoms with Crippen molar-refractivity contribution in [1.82, 2.24) is 14.9 Å². The van der Waals surface area contributed by atoms with Crippen molar-refractivity contribution in [1.29, 1.82) is 0 Å². The van der Waals surface area contributed by atoms with Crippen LogP contribution in [-0.4, -0.2) is 53.6 Å². The molecule has 0 N–H and O–H groups in total. The maximum Gasteiger partial charge on any atom is 0.260 e. The number of nitrogens with zero attached hydrogens (tertiary/aromatic N) is 4. The predicted molar refractivity (Wildman–Crippen MR) is 111 cm³/mol. The molecule has 0 saturated carbocycles. The highest BCUT2D eigenvalue weighted by Crippen LogP contribution is 2.28. The number of ether oxygens (including phenoxy) is 1. The Balaban J connectivity index is 1.66. The zero-order valence-electron chi connectivity index (χ0n) is 17.3. The molecule has 0 atom stereocenters. The number of carbonyl (C=O) groups excluding carboxylic acids is 1. The molecule has 2 heterocycles. The van der Waals surface area contributed by atoms with E-state index in [0.29, 0.717) is 12.5 Å². The predicted octanol–water partition coefficient (Wildman–Crippen LogP) is 3.33. The summed E-state index contributed by atoms with van der Waals surface area (Å²) in [4.78, 5) is 26.1. The fraction of sp³-hybridized carbons (Fsp3) is 0.500. The van der Waals surface area contributed by atoms with Gasteiger partial charge in [0.1, 0.15) is 17.4 Å². The maximum absolute atomic E-state index is 12.6. The monoisotopic (exact) mass is 382 g/mol. The first kappa shape index (κ1) is 20.1. The van der Waals surface area contributed by atoms with Gasteiger partial charge in [0.2, 0.25) is 0 Å². The van der Waals surface area contributed by atoms with Crippen molar-refractivity contribution in [2.24, 2.45) is 0 Å². The summed E-state index contributed by atoms with van der Waals surface area (Å²) in [5.74, 6) is 2.93. The first-order valence-electron chi connectivity index (χ1n) is 10.0. The molecule has 1 aliphatic heterocycles. The Hall–Kier alpha value is -2.63. The number of carbonyl (C=O) groups is 1. The molecule has 1 aromatic heterocycles. The molecule has 1 amide bonds. The lowest BCUT2D eigenvalue weighted by atomic mass is 10.0. The molecule has 6 heteroatoms. The topological polar surface area (TPSA) is 58.6 Å². The second-order valence-electron chi connectivity index (χ2n) is 7.57. The molecule has 0 unspecified atom stereocenters. The minimum atomic E-state index is 0.0323. The summed E-state index contributed by atoms with van der Waals surface area (Å²) in [5.41, 5.74) is 2.25. The van der Waals surface area contributed by atoms with E-state index >= 15 is 0 Å². The third-order valence-corrected chi connectivity index (χ3v) is 5.06. The summed E-state index contributed by atoms with van der Waals surface area (Å²) in [6, 6.07) is 9.47. The number of amides is 1. The van der Waals surface area contributed by atoms with Crippen LogP contribution in [0.4, 0.5) is 5.82 Å². The molecule has 3 rings (SSSR count). The van der Waals surface area contributed by atoms with Crippen LogP contribution < -0.4 is 9.64 Å². The minimum absolute atomic E-state index is 0.0323. The van der Waals surface area contributed by atoms with Crippen molar-refractivity contribution >= 4 is 11.7 Å². The second-order valence-corrected chi connectivity index (χ2v) is 7.57. The molecule has 2 aromatic rings. The van der Waals surface area contributed by atoms with Gasteiger partial charge in [0, 0.05) is 37.4 Å². The van der Waals surface area contributed by atoms with Gasteiger partial charge >= 0.3 is 0 Å². The van der Waals surface area contributed by atoms with Gasteiger partial charge < -0.3 is 14.5 Å². The smallest absolute Gasteiger partial charge is 0.260 e. The van der Waals surface area contributed by atoms with Crippen LogP contribution in [0.3, 0.4) is 0 Å². The summed E-state index contributed by atoms with van der Waals surface area (Å²) < 4.78 is 5.63. The molecule has 1 saturated heterocycles. The fourth-order valence-corrected chi connectivity index (χ4v) is 3.75. The van der Waals surface area contributed by atoms with Crippen LogP contribution in [0.25, 0.3) is 0 Å². The van der Waals surface area contributed by atoms with Gasteiger partial charge in [-0.3, -0.25) is 4.79 Å². The lowest BCUT2D eigenvalue weighted by molar-refractivity contribution is -0.133. The Labute approximate surface area is 167 Å². The van der Waals surface area contributed by atoms with Gasteiger partial charge in [-0.1, -0.05) is 32.0 Å². The van der Waals surface area contributed by atoms with Crippen molar-refractivity contribution in [2.75, 3.05) is 37.7 Å². The van der Waals surface area contributed by atoms with Crippen molar-refractivity contribution in [3.63, 3.8) is 0 Å². The third-order valence-electron chi connectivity index (χ3n) is 5.06. The average Bonchev–Trinajstić information content (AvgIpc) is 2.92. The van der Waals surface area contributed by atoms with Crippen molar-refractivity contribution < 1.29 is 9.53 Å². The maximum atomic E-state index is 12.6. The fourth-order valence-electron chi connectivity index (χ4n) is 3.75. The van der Waals surface area contributed by atoms with Crippen LogP contribution in [0.15, 0.2) is 30.3 Å². The summed E-state index contributed by atoms with van der Waals surface area (Å²) in [6.07, 6.45) is 0.913. The lowest BCUT2D eigenvalue weighted by Crippen LogP contribution is -2.38. The van der Waals surface area contributed by atoms with E-state index < -0.39 is 0 Å². The first-order valence-corrected chi connectivity index (χ1v) is 10.0. The lowest BCUT2D eigenvalue weighted by Gasteiger charge is -2.27. The van der Waals surface area contributed by atoms with Crippen LogP contribution in [0.1, 0.15) is 43.3 Å². The number of benzene rings is 1. The van der Waals surface area contributed by atoms with Crippen LogP contribution in [0, 0.1) is 13.8 Å². The van der Waals surface area contributed by atoms with E-state index in [4.69, 9.17) is 9.72 Å². The van der Waals surface area contributed by atoms with Gasteiger partial charge in [-0.15, -0.1) is 0 Å². The standard InChI is InChI=1S/C22H30N4O2/c1-16(2)21-17(3)23-18(4)24-22(21)26-12-8-11-25(13-14-26)20(27)15-28-19-9-6-5-7-10-19/h5-7,9-10,16H,8,11-15H2,1-4H3. The summed E-state index contributed by atoms with van der Waals surface area (Å²) in [6.45, 7) is 11.5. The molecular formula is C22H30N4O2. The van der Waals surface area contributed by atoms with Gasteiger partial charge in [0.25, 0.3) is 5.91 Å². The van der Waals surface area contributed by atoms with Gasteiger partial charge in [-0.2, -0.15) is 0 Å². The van der Waals surface area contributed by atoms with E-state index in [2.05, 4.69) is 30.7 Å². The van der Waals surface area contributed by atoms with Gasteiger partial charge in [0.15, 0.2) is 6.61 Å². The number of para-hydroxylation sites is 1. The average molecular weight is 383 g/mol. The van der Waals surface area contributed by atoms with Gasteiger partial charge in [0.05, 0.1) is 0 Å². The molecule has 0 bridgehead atoms. The first-order chi connectivity index (χ1) is 13.5. The second kappa shape index (κ2) is 9.04. The summed E-state index contributed by atoms with van der Waals surface area (Å²) in [7, 11) is 0. The van der Waals surface area contributed by atoms with Gasteiger partial charge in [-0.05, 0) is 38.3 Å². The Morgan fingerprint density at radius 1 is 1.07 bits per heavy atom. The van der Waals surface area contributed by atoms with E-state index in [9.17, 15) is 4.79 Å². The van der Waals surface area contributed by atoms with Crippen molar-refractivity contribution in [3.8, 4) is 5.75 Å². The molecule has 28 heavy (non-hydrogen) atoms. The molecule has 150 valence electrons. The number of rotatable bonds is 5. The van der Waals surface area contributed by atoms with Gasteiger partial charge in [-0.25, -0.2) is 9.97 Å². The van der Waals surface area contributed by atoms with Crippen molar-refractivity contribution in [2.45, 2.75) is 40.0 Å². The van der Waals surface area contributed by atoms with E-state index in [1.807, 2.05) is 42.2 Å². The van der Waals surface area contributed by atoms with Crippen LogP contribution in [0.5, 0.6) is 5.75 Å². The molecule has 1 aliphatic rings.